The first-order valence-electron chi connectivity index (χ1n) is 4.26. The lowest BCUT2D eigenvalue weighted by atomic mass is 10.4. The second kappa shape index (κ2) is 7.11. The Morgan fingerprint density at radius 1 is 1.38 bits per heavy atom. The summed E-state index contributed by atoms with van der Waals surface area (Å²) in [7, 11) is 0. The number of alkyl halides is 1. The second-order valence-electron chi connectivity index (χ2n) is 2.68. The topological polar surface area (TPSA) is 58.2 Å². The summed E-state index contributed by atoms with van der Waals surface area (Å²) in [5.74, 6) is -0.237. The molecule has 2 amide bonds. The zero-order valence-electron chi connectivity index (χ0n) is 7.89. The number of nitrogens with one attached hydrogen (secondary N) is 2. The van der Waals surface area contributed by atoms with E-state index in [9.17, 15) is 9.59 Å². The van der Waals surface area contributed by atoms with Gasteiger partial charge in [0, 0.05) is 6.54 Å². The lowest BCUT2D eigenvalue weighted by molar-refractivity contribution is -0.125. The molecular formula is C8H15IN2O2. The number of amides is 2. The van der Waals surface area contributed by atoms with Crippen LogP contribution in [0.2, 0.25) is 0 Å². The number of carbonyl (C=O) groups excluding carboxylic acids is 2. The first-order chi connectivity index (χ1) is 6.07. The van der Waals surface area contributed by atoms with E-state index in [4.69, 9.17) is 0 Å². The zero-order chi connectivity index (χ0) is 10.3. The summed E-state index contributed by atoms with van der Waals surface area (Å²) < 4.78 is -0.100. The predicted octanol–water partition coefficient (Wildman–Crippen LogP) is 0.452. The highest BCUT2D eigenvalue weighted by atomic mass is 127. The minimum absolute atomic E-state index is 0.0756. The van der Waals surface area contributed by atoms with Crippen LogP contribution in [-0.2, 0) is 9.59 Å². The molecule has 1 unspecified atom stereocenters. The fourth-order valence-corrected chi connectivity index (χ4v) is 0.855. The molecule has 0 saturated carbocycles. The van der Waals surface area contributed by atoms with E-state index in [1.54, 1.807) is 6.92 Å². The van der Waals surface area contributed by atoms with Crippen molar-refractivity contribution < 1.29 is 9.59 Å². The van der Waals surface area contributed by atoms with E-state index in [0.717, 1.165) is 6.42 Å². The third-order valence-corrected chi connectivity index (χ3v) is 1.92. The molecular weight excluding hydrogens is 283 g/mol. The minimum Gasteiger partial charge on any atom is -0.355 e. The third-order valence-electron chi connectivity index (χ3n) is 1.36. The standard InChI is InChI=1S/C8H15IN2O2/c1-3-4-10-7(12)5-11-8(13)6(2)9/h6H,3-5H2,1-2H3,(H,10,12)(H,11,13). The van der Waals surface area contributed by atoms with E-state index in [0.29, 0.717) is 6.54 Å². The quantitative estimate of drug-likeness (QED) is 0.572. The molecule has 0 aliphatic carbocycles. The van der Waals surface area contributed by atoms with Crippen LogP contribution in [0.5, 0.6) is 0 Å². The van der Waals surface area contributed by atoms with Crippen molar-refractivity contribution in [3.05, 3.63) is 0 Å². The van der Waals surface area contributed by atoms with Gasteiger partial charge < -0.3 is 10.6 Å². The first-order valence-corrected chi connectivity index (χ1v) is 5.51. The van der Waals surface area contributed by atoms with Gasteiger partial charge in [-0.25, -0.2) is 0 Å². The summed E-state index contributed by atoms with van der Waals surface area (Å²) in [6.45, 7) is 4.49. The van der Waals surface area contributed by atoms with Gasteiger partial charge in [0.2, 0.25) is 11.8 Å². The number of hydrogen-bond donors (Lipinski definition) is 2. The van der Waals surface area contributed by atoms with Gasteiger partial charge in [0.1, 0.15) is 0 Å². The van der Waals surface area contributed by atoms with Crippen LogP contribution in [0.25, 0.3) is 0 Å². The molecule has 0 aromatic carbocycles. The lowest BCUT2D eigenvalue weighted by Crippen LogP contribution is -2.39. The summed E-state index contributed by atoms with van der Waals surface area (Å²) >= 11 is 2.00. The minimum atomic E-state index is -0.132. The van der Waals surface area contributed by atoms with Crippen molar-refractivity contribution in [3.63, 3.8) is 0 Å². The molecule has 2 N–H and O–H groups in total. The Hall–Kier alpha value is -0.330. The highest BCUT2D eigenvalue weighted by Gasteiger charge is 2.09. The molecule has 0 rings (SSSR count). The average molecular weight is 298 g/mol. The van der Waals surface area contributed by atoms with Crippen LogP contribution in [0.1, 0.15) is 20.3 Å². The average Bonchev–Trinajstić information content (AvgIpc) is 2.10. The Labute approximate surface area is 92.0 Å². The van der Waals surface area contributed by atoms with Crippen LogP contribution in [0, 0.1) is 0 Å². The Kier molecular flexibility index (Phi) is 6.93. The van der Waals surface area contributed by atoms with Crippen LogP contribution in [0.3, 0.4) is 0 Å². The van der Waals surface area contributed by atoms with Crippen LogP contribution >= 0.6 is 22.6 Å². The van der Waals surface area contributed by atoms with E-state index in [1.807, 2.05) is 29.5 Å². The second-order valence-corrected chi connectivity index (χ2v) is 4.55. The van der Waals surface area contributed by atoms with Gasteiger partial charge in [0.05, 0.1) is 10.5 Å². The summed E-state index contributed by atoms with van der Waals surface area (Å²) in [6, 6.07) is 0. The highest BCUT2D eigenvalue weighted by Crippen LogP contribution is 1.96. The molecule has 13 heavy (non-hydrogen) atoms. The van der Waals surface area contributed by atoms with Gasteiger partial charge in [-0.1, -0.05) is 29.5 Å². The third kappa shape index (κ3) is 6.80. The van der Waals surface area contributed by atoms with E-state index in [2.05, 4.69) is 10.6 Å². The lowest BCUT2D eigenvalue weighted by Gasteiger charge is -2.06. The molecule has 0 radical (unpaired) electrons. The Balaban J connectivity index is 3.52. The molecule has 0 aliphatic heterocycles. The molecule has 0 aromatic heterocycles. The van der Waals surface area contributed by atoms with Crippen LogP contribution < -0.4 is 10.6 Å². The van der Waals surface area contributed by atoms with Crippen molar-refractivity contribution in [3.8, 4) is 0 Å². The van der Waals surface area contributed by atoms with E-state index >= 15 is 0 Å². The molecule has 0 bridgehead atoms. The molecule has 0 spiro atoms. The van der Waals surface area contributed by atoms with Crippen LogP contribution in [0.15, 0.2) is 0 Å². The number of hydrogen-bond acceptors (Lipinski definition) is 2. The smallest absolute Gasteiger partial charge is 0.239 e. The molecule has 0 aromatic rings. The van der Waals surface area contributed by atoms with Crippen molar-refractivity contribution >= 4 is 34.4 Å². The van der Waals surface area contributed by atoms with Gasteiger partial charge in [-0.3, -0.25) is 9.59 Å². The SMILES string of the molecule is CCCNC(=O)CNC(=O)C(C)I. The van der Waals surface area contributed by atoms with E-state index < -0.39 is 0 Å². The van der Waals surface area contributed by atoms with Crippen molar-refractivity contribution in [1.29, 1.82) is 0 Å². The fourth-order valence-electron chi connectivity index (χ4n) is 0.635. The van der Waals surface area contributed by atoms with Gasteiger partial charge in [-0.2, -0.15) is 0 Å². The maximum atomic E-state index is 11.0. The van der Waals surface area contributed by atoms with Gasteiger partial charge in [0.15, 0.2) is 0 Å². The molecule has 0 fully saturated rings. The highest BCUT2D eigenvalue weighted by molar-refractivity contribution is 14.1. The van der Waals surface area contributed by atoms with Crippen molar-refractivity contribution in [2.24, 2.45) is 0 Å². The molecule has 0 heterocycles. The fraction of sp³-hybridized carbons (Fsp3) is 0.750. The molecule has 5 heteroatoms. The number of carbonyl (C=O) groups is 2. The van der Waals surface area contributed by atoms with Crippen molar-refractivity contribution in [2.75, 3.05) is 13.1 Å². The van der Waals surface area contributed by atoms with Gasteiger partial charge in [-0.05, 0) is 13.3 Å². The van der Waals surface area contributed by atoms with E-state index in [-0.39, 0.29) is 22.3 Å². The zero-order valence-corrected chi connectivity index (χ0v) is 10.1. The van der Waals surface area contributed by atoms with E-state index in [1.165, 1.54) is 0 Å². The Morgan fingerprint density at radius 2 is 2.00 bits per heavy atom. The van der Waals surface area contributed by atoms with Gasteiger partial charge in [-0.15, -0.1) is 0 Å². The number of rotatable bonds is 5. The van der Waals surface area contributed by atoms with Crippen LogP contribution in [0.4, 0.5) is 0 Å². The number of halogens is 1. The summed E-state index contributed by atoms with van der Waals surface area (Å²) in [5, 5.41) is 5.20. The van der Waals surface area contributed by atoms with Gasteiger partial charge >= 0.3 is 0 Å². The molecule has 76 valence electrons. The predicted molar refractivity (Wildman–Crippen MR) is 59.8 cm³/mol. The largest absolute Gasteiger partial charge is 0.355 e. The maximum Gasteiger partial charge on any atom is 0.239 e. The first kappa shape index (κ1) is 12.7. The monoisotopic (exact) mass is 298 g/mol. The summed E-state index contributed by atoms with van der Waals surface area (Å²) in [4.78, 5) is 22.0. The van der Waals surface area contributed by atoms with Gasteiger partial charge in [0.25, 0.3) is 0 Å². The summed E-state index contributed by atoms with van der Waals surface area (Å²) in [5.41, 5.74) is 0. The molecule has 1 atom stereocenters. The Morgan fingerprint density at radius 3 is 2.46 bits per heavy atom. The molecule has 0 saturated heterocycles. The normalized spacial score (nSPS) is 11.9. The molecule has 4 nitrogen and oxygen atoms in total. The van der Waals surface area contributed by atoms with Crippen molar-refractivity contribution in [2.45, 2.75) is 24.2 Å². The van der Waals surface area contributed by atoms with Crippen molar-refractivity contribution in [1.82, 2.24) is 10.6 Å². The van der Waals surface area contributed by atoms with Crippen LogP contribution in [-0.4, -0.2) is 28.8 Å². The molecule has 0 aliphatic rings. The maximum absolute atomic E-state index is 11.0. The summed E-state index contributed by atoms with van der Waals surface area (Å²) in [6.07, 6.45) is 0.905. The Bertz CT molecular complexity index is 183.